The molecule has 3 rings (SSSR count). The van der Waals surface area contributed by atoms with Crippen molar-refractivity contribution in [2.45, 2.75) is 0 Å². The largest absolute Gasteiger partial charge is 0.482 e. The van der Waals surface area contributed by atoms with E-state index in [1.807, 2.05) is 0 Å². The summed E-state index contributed by atoms with van der Waals surface area (Å²) in [5.74, 6) is -2.25. The van der Waals surface area contributed by atoms with Crippen LogP contribution in [0.4, 0.5) is 14.5 Å². The predicted molar refractivity (Wildman–Crippen MR) is 118 cm³/mol. The number of rotatable bonds is 7. The number of nitrogens with one attached hydrogen (secondary N) is 2. The molecular formula is C23H15ClF2N4O3. The van der Waals surface area contributed by atoms with Gasteiger partial charge in [0.1, 0.15) is 17.4 Å². The van der Waals surface area contributed by atoms with Crippen molar-refractivity contribution >= 4 is 35.3 Å². The minimum Gasteiger partial charge on any atom is -0.482 e. The fourth-order valence-electron chi connectivity index (χ4n) is 2.58. The van der Waals surface area contributed by atoms with Crippen LogP contribution in [0.15, 0.2) is 65.8 Å². The van der Waals surface area contributed by atoms with Gasteiger partial charge in [-0.3, -0.25) is 9.59 Å². The van der Waals surface area contributed by atoms with E-state index in [1.165, 1.54) is 54.7 Å². The second-order valence-electron chi connectivity index (χ2n) is 6.54. The maximum absolute atomic E-state index is 13.9. The Morgan fingerprint density at radius 2 is 1.85 bits per heavy atom. The Bertz CT molecular complexity index is 1260. The number of benzene rings is 3. The standard InChI is InChI=1S/C23H15ClF2N4O3/c24-19-9-15(12-28-30-23(32)18-7-1-14(11-27)10-20(18)26)2-8-21(19)33-13-22(31)29-17-5-3-16(25)4-6-17/h1-10,12H,13H2,(H,29,31)(H,30,32)/b28-12-. The minimum absolute atomic E-state index is 0.0949. The number of hydrogen-bond donors (Lipinski definition) is 2. The normalized spacial score (nSPS) is 10.5. The Morgan fingerprint density at radius 1 is 1.09 bits per heavy atom. The fourth-order valence-corrected chi connectivity index (χ4v) is 2.83. The van der Waals surface area contributed by atoms with Gasteiger partial charge in [-0.15, -0.1) is 0 Å². The Hall–Kier alpha value is -4.29. The van der Waals surface area contributed by atoms with Crippen LogP contribution in [0, 0.1) is 23.0 Å². The zero-order valence-corrected chi connectivity index (χ0v) is 17.6. The third-order valence-corrected chi connectivity index (χ3v) is 4.46. The van der Waals surface area contributed by atoms with Crippen LogP contribution in [0.2, 0.25) is 5.02 Å². The summed E-state index contributed by atoms with van der Waals surface area (Å²) >= 11 is 6.15. The number of nitrogens with zero attached hydrogens (tertiary/aromatic N) is 2. The number of amides is 2. The highest BCUT2D eigenvalue weighted by molar-refractivity contribution is 6.32. The molecule has 2 N–H and O–H groups in total. The van der Waals surface area contributed by atoms with E-state index in [2.05, 4.69) is 15.8 Å². The van der Waals surface area contributed by atoms with Gasteiger partial charge in [-0.2, -0.15) is 10.4 Å². The maximum Gasteiger partial charge on any atom is 0.274 e. The monoisotopic (exact) mass is 468 g/mol. The van der Waals surface area contributed by atoms with Gasteiger partial charge in [-0.05, 0) is 66.2 Å². The zero-order chi connectivity index (χ0) is 23.8. The van der Waals surface area contributed by atoms with Crippen LogP contribution in [0.5, 0.6) is 5.75 Å². The molecule has 7 nitrogen and oxygen atoms in total. The lowest BCUT2D eigenvalue weighted by Crippen LogP contribution is -2.20. The van der Waals surface area contributed by atoms with Crippen LogP contribution in [0.25, 0.3) is 0 Å². The number of anilines is 1. The summed E-state index contributed by atoms with van der Waals surface area (Å²) in [5.41, 5.74) is 2.95. The molecule has 166 valence electrons. The molecule has 0 aliphatic rings. The Labute approximate surface area is 192 Å². The van der Waals surface area contributed by atoms with Crippen molar-refractivity contribution in [3.05, 3.63) is 94.0 Å². The van der Waals surface area contributed by atoms with Gasteiger partial charge in [0.15, 0.2) is 6.61 Å². The topological polar surface area (TPSA) is 104 Å². The quantitative estimate of drug-likeness (QED) is 0.399. The molecule has 0 aliphatic heterocycles. The first-order chi connectivity index (χ1) is 15.9. The Balaban J connectivity index is 1.54. The SMILES string of the molecule is N#Cc1ccc(C(=O)N/N=C\c2ccc(OCC(=O)Nc3ccc(F)cc3)c(Cl)c2)c(F)c1. The smallest absolute Gasteiger partial charge is 0.274 e. The Kier molecular flexibility index (Phi) is 7.68. The van der Waals surface area contributed by atoms with Gasteiger partial charge >= 0.3 is 0 Å². The highest BCUT2D eigenvalue weighted by Gasteiger charge is 2.12. The highest BCUT2D eigenvalue weighted by atomic mass is 35.5. The number of nitriles is 1. The predicted octanol–water partition coefficient (Wildman–Crippen LogP) is 4.27. The third-order valence-electron chi connectivity index (χ3n) is 4.17. The van der Waals surface area contributed by atoms with Gasteiger partial charge in [0, 0.05) is 5.69 Å². The number of halogens is 3. The van der Waals surface area contributed by atoms with E-state index >= 15 is 0 Å². The second kappa shape index (κ2) is 10.8. The van der Waals surface area contributed by atoms with Crippen LogP contribution >= 0.6 is 11.6 Å². The molecule has 0 radical (unpaired) electrons. The molecule has 3 aromatic rings. The van der Waals surface area contributed by atoms with Gasteiger partial charge < -0.3 is 10.1 Å². The summed E-state index contributed by atoms with van der Waals surface area (Å²) in [5, 5.41) is 15.2. The van der Waals surface area contributed by atoms with E-state index < -0.39 is 23.4 Å². The van der Waals surface area contributed by atoms with Crippen LogP contribution < -0.4 is 15.5 Å². The van der Waals surface area contributed by atoms with Crippen LogP contribution in [0.3, 0.4) is 0 Å². The van der Waals surface area contributed by atoms with Crippen LogP contribution in [0.1, 0.15) is 21.5 Å². The molecule has 2 amide bonds. The number of hydrogen-bond acceptors (Lipinski definition) is 5. The lowest BCUT2D eigenvalue weighted by molar-refractivity contribution is -0.118. The molecule has 0 fully saturated rings. The van der Waals surface area contributed by atoms with Crippen molar-refractivity contribution in [2.24, 2.45) is 5.10 Å². The van der Waals surface area contributed by atoms with Crippen molar-refractivity contribution in [3.63, 3.8) is 0 Å². The summed E-state index contributed by atoms with van der Waals surface area (Å²) in [7, 11) is 0. The first-order valence-corrected chi connectivity index (χ1v) is 9.74. The summed E-state index contributed by atoms with van der Waals surface area (Å²) in [6.07, 6.45) is 1.29. The summed E-state index contributed by atoms with van der Waals surface area (Å²) in [6.45, 7) is -0.323. The van der Waals surface area contributed by atoms with E-state index in [1.54, 1.807) is 12.1 Å². The van der Waals surface area contributed by atoms with Crippen molar-refractivity contribution in [3.8, 4) is 11.8 Å². The maximum atomic E-state index is 13.9. The van der Waals surface area contributed by atoms with E-state index in [0.29, 0.717) is 11.3 Å². The van der Waals surface area contributed by atoms with Crippen LogP contribution in [-0.4, -0.2) is 24.6 Å². The number of ether oxygens (including phenoxy) is 1. The molecular weight excluding hydrogens is 454 g/mol. The first kappa shape index (κ1) is 23.4. The molecule has 33 heavy (non-hydrogen) atoms. The molecule has 3 aromatic carbocycles. The van der Waals surface area contributed by atoms with E-state index in [-0.39, 0.29) is 28.5 Å². The van der Waals surface area contributed by atoms with Crippen molar-refractivity contribution in [1.82, 2.24) is 5.43 Å². The first-order valence-electron chi connectivity index (χ1n) is 9.36. The fraction of sp³-hybridized carbons (Fsp3) is 0.0435. The van der Waals surface area contributed by atoms with Crippen LogP contribution in [-0.2, 0) is 4.79 Å². The molecule has 0 unspecified atom stereocenters. The third kappa shape index (κ3) is 6.59. The summed E-state index contributed by atoms with van der Waals surface area (Å²) in [6, 6.07) is 15.1. The van der Waals surface area contributed by atoms with Gasteiger partial charge in [0.25, 0.3) is 11.8 Å². The van der Waals surface area contributed by atoms with E-state index in [0.717, 1.165) is 6.07 Å². The molecule has 0 bridgehead atoms. The van der Waals surface area contributed by atoms with E-state index in [4.69, 9.17) is 21.6 Å². The summed E-state index contributed by atoms with van der Waals surface area (Å²) < 4.78 is 32.1. The molecule has 0 atom stereocenters. The average Bonchev–Trinajstić information content (AvgIpc) is 2.79. The molecule has 0 spiro atoms. The van der Waals surface area contributed by atoms with Gasteiger partial charge in [-0.1, -0.05) is 11.6 Å². The summed E-state index contributed by atoms with van der Waals surface area (Å²) in [4.78, 5) is 24.0. The second-order valence-corrected chi connectivity index (χ2v) is 6.95. The number of carbonyl (C=O) groups is 2. The number of carbonyl (C=O) groups excluding carboxylic acids is 2. The van der Waals surface area contributed by atoms with Crippen molar-refractivity contribution in [2.75, 3.05) is 11.9 Å². The number of hydrazone groups is 1. The van der Waals surface area contributed by atoms with Crippen molar-refractivity contribution in [1.29, 1.82) is 5.26 Å². The van der Waals surface area contributed by atoms with Gasteiger partial charge in [0.2, 0.25) is 0 Å². The minimum atomic E-state index is -0.838. The molecule has 0 saturated carbocycles. The highest BCUT2D eigenvalue weighted by Crippen LogP contribution is 2.25. The van der Waals surface area contributed by atoms with Gasteiger partial charge in [0.05, 0.1) is 28.4 Å². The van der Waals surface area contributed by atoms with Gasteiger partial charge in [-0.25, -0.2) is 14.2 Å². The average molecular weight is 469 g/mol. The zero-order valence-electron chi connectivity index (χ0n) is 16.8. The lowest BCUT2D eigenvalue weighted by atomic mass is 10.1. The molecule has 0 heterocycles. The Morgan fingerprint density at radius 3 is 2.52 bits per heavy atom. The molecule has 10 heteroatoms. The van der Waals surface area contributed by atoms with Crippen molar-refractivity contribution < 1.29 is 23.1 Å². The molecule has 0 saturated heterocycles. The molecule has 0 aliphatic carbocycles. The lowest BCUT2D eigenvalue weighted by Gasteiger charge is -2.09. The van der Waals surface area contributed by atoms with E-state index in [9.17, 15) is 18.4 Å². The molecule has 0 aromatic heterocycles.